The molecule has 1 fully saturated rings. The predicted molar refractivity (Wildman–Crippen MR) is 98.3 cm³/mol. The fraction of sp³-hybridized carbons (Fsp3) is 0.350. The number of aryl methyl sites for hydroxylation is 1. The number of likely N-dealkylation sites (tertiary alicyclic amines) is 1. The van der Waals surface area contributed by atoms with Crippen LogP contribution in [-0.4, -0.2) is 23.9 Å². The van der Waals surface area contributed by atoms with E-state index in [2.05, 4.69) is 32.0 Å². The van der Waals surface area contributed by atoms with Crippen molar-refractivity contribution in [3.05, 3.63) is 57.8 Å². The van der Waals surface area contributed by atoms with Crippen LogP contribution in [0.1, 0.15) is 35.8 Å². The summed E-state index contributed by atoms with van der Waals surface area (Å²) in [4.78, 5) is 16.2. The Morgan fingerprint density at radius 1 is 1.30 bits per heavy atom. The number of benzene rings is 1. The van der Waals surface area contributed by atoms with Gasteiger partial charge in [0.05, 0.1) is 5.57 Å². The molecule has 23 heavy (non-hydrogen) atoms. The van der Waals surface area contributed by atoms with Crippen LogP contribution in [0.25, 0.3) is 11.6 Å². The number of carbonyl (C=O) groups is 1. The van der Waals surface area contributed by atoms with Gasteiger partial charge in [-0.05, 0) is 48.8 Å². The molecule has 0 N–H and O–H groups in total. The summed E-state index contributed by atoms with van der Waals surface area (Å²) in [7, 11) is 0. The third-order valence-corrected chi connectivity index (χ3v) is 5.22. The molecule has 1 aromatic heterocycles. The van der Waals surface area contributed by atoms with Crippen LogP contribution in [0.15, 0.2) is 41.8 Å². The van der Waals surface area contributed by atoms with E-state index >= 15 is 0 Å². The first-order chi connectivity index (χ1) is 11.1. The highest BCUT2D eigenvalue weighted by atomic mass is 32.1. The Balaban J connectivity index is 1.94. The molecule has 3 heteroatoms. The van der Waals surface area contributed by atoms with Crippen LogP contribution in [0, 0.1) is 12.8 Å². The SMILES string of the molecule is Cc1cccc(/C=C(/C(=O)N2CCC[C@@H](C)C2)c2cccs2)c1. The second-order valence-corrected chi connectivity index (χ2v) is 7.40. The number of amides is 1. The first-order valence-corrected chi connectivity index (χ1v) is 9.13. The van der Waals surface area contributed by atoms with Gasteiger partial charge in [0.15, 0.2) is 0 Å². The smallest absolute Gasteiger partial charge is 0.255 e. The molecule has 2 heterocycles. The van der Waals surface area contributed by atoms with Gasteiger partial charge in [-0.3, -0.25) is 4.79 Å². The number of carbonyl (C=O) groups excluding carboxylic acids is 1. The minimum Gasteiger partial charge on any atom is -0.338 e. The zero-order valence-electron chi connectivity index (χ0n) is 13.8. The lowest BCUT2D eigenvalue weighted by molar-refractivity contribution is -0.126. The minimum atomic E-state index is 0.167. The molecule has 0 spiro atoms. The van der Waals surface area contributed by atoms with Crippen molar-refractivity contribution in [3.8, 4) is 0 Å². The van der Waals surface area contributed by atoms with Gasteiger partial charge in [0.2, 0.25) is 0 Å². The molecule has 1 aliphatic heterocycles. The van der Waals surface area contributed by atoms with Crippen LogP contribution in [0.2, 0.25) is 0 Å². The molecule has 0 unspecified atom stereocenters. The van der Waals surface area contributed by atoms with Crippen LogP contribution in [0.4, 0.5) is 0 Å². The largest absolute Gasteiger partial charge is 0.338 e. The number of piperidine rings is 1. The van der Waals surface area contributed by atoms with Gasteiger partial charge in [-0.2, -0.15) is 0 Å². The third-order valence-electron chi connectivity index (χ3n) is 4.31. The molecule has 1 aromatic carbocycles. The van der Waals surface area contributed by atoms with Gasteiger partial charge in [-0.1, -0.05) is 42.8 Å². The second kappa shape index (κ2) is 7.14. The number of hydrogen-bond acceptors (Lipinski definition) is 2. The van der Waals surface area contributed by atoms with E-state index in [1.165, 1.54) is 12.0 Å². The van der Waals surface area contributed by atoms with E-state index in [-0.39, 0.29) is 5.91 Å². The van der Waals surface area contributed by atoms with Crippen molar-refractivity contribution in [2.45, 2.75) is 26.7 Å². The van der Waals surface area contributed by atoms with Crippen LogP contribution >= 0.6 is 11.3 Å². The lowest BCUT2D eigenvalue weighted by atomic mass is 9.98. The molecule has 0 aliphatic carbocycles. The molecule has 120 valence electrons. The summed E-state index contributed by atoms with van der Waals surface area (Å²) in [5.74, 6) is 0.761. The molecular formula is C20H23NOS. The van der Waals surface area contributed by atoms with E-state index in [0.29, 0.717) is 5.92 Å². The first-order valence-electron chi connectivity index (χ1n) is 8.25. The Morgan fingerprint density at radius 3 is 2.87 bits per heavy atom. The maximum Gasteiger partial charge on any atom is 0.255 e. The van der Waals surface area contributed by atoms with Crippen LogP contribution in [-0.2, 0) is 4.79 Å². The summed E-state index contributed by atoms with van der Waals surface area (Å²) >= 11 is 1.63. The van der Waals surface area contributed by atoms with Gasteiger partial charge in [-0.15, -0.1) is 11.3 Å². The van der Waals surface area contributed by atoms with E-state index in [1.54, 1.807) is 11.3 Å². The second-order valence-electron chi connectivity index (χ2n) is 6.45. The number of nitrogens with zero attached hydrogens (tertiary/aromatic N) is 1. The van der Waals surface area contributed by atoms with Gasteiger partial charge >= 0.3 is 0 Å². The Hall–Kier alpha value is -1.87. The van der Waals surface area contributed by atoms with Gasteiger partial charge in [-0.25, -0.2) is 0 Å². The standard InChI is InChI=1S/C20H23NOS/c1-15-6-3-8-17(12-15)13-18(19-9-5-11-23-19)20(22)21-10-4-7-16(2)14-21/h3,5-6,8-9,11-13,16H,4,7,10,14H2,1-2H3/b18-13+/t16-/m1/s1. The Labute approximate surface area is 142 Å². The molecule has 0 saturated carbocycles. The van der Waals surface area contributed by atoms with Crippen molar-refractivity contribution in [2.75, 3.05) is 13.1 Å². The predicted octanol–water partition coefficient (Wildman–Crippen LogP) is 4.86. The zero-order chi connectivity index (χ0) is 16.2. The van der Waals surface area contributed by atoms with Gasteiger partial charge in [0.25, 0.3) is 5.91 Å². The Morgan fingerprint density at radius 2 is 2.17 bits per heavy atom. The number of thiophene rings is 1. The minimum absolute atomic E-state index is 0.167. The van der Waals surface area contributed by atoms with E-state index in [0.717, 1.165) is 35.5 Å². The molecule has 3 rings (SSSR count). The van der Waals surface area contributed by atoms with Crippen LogP contribution in [0.3, 0.4) is 0 Å². The highest BCUT2D eigenvalue weighted by Crippen LogP contribution is 2.27. The lowest BCUT2D eigenvalue weighted by Crippen LogP contribution is -2.39. The van der Waals surface area contributed by atoms with E-state index in [9.17, 15) is 4.79 Å². The van der Waals surface area contributed by atoms with Gasteiger partial charge in [0, 0.05) is 18.0 Å². The van der Waals surface area contributed by atoms with Crippen molar-refractivity contribution in [1.29, 1.82) is 0 Å². The average molecular weight is 325 g/mol. The number of rotatable bonds is 3. The Bertz CT molecular complexity index is 702. The van der Waals surface area contributed by atoms with Crippen molar-refractivity contribution < 1.29 is 4.79 Å². The van der Waals surface area contributed by atoms with E-state index < -0.39 is 0 Å². The monoisotopic (exact) mass is 325 g/mol. The Kier molecular flexibility index (Phi) is 4.97. The van der Waals surface area contributed by atoms with Crippen molar-refractivity contribution in [2.24, 2.45) is 5.92 Å². The maximum atomic E-state index is 13.1. The molecule has 2 nitrogen and oxygen atoms in total. The summed E-state index contributed by atoms with van der Waals surface area (Å²) in [6.07, 6.45) is 4.37. The fourth-order valence-corrected chi connectivity index (χ4v) is 3.87. The molecule has 1 atom stereocenters. The zero-order valence-corrected chi connectivity index (χ0v) is 14.6. The summed E-state index contributed by atoms with van der Waals surface area (Å²) in [6, 6.07) is 12.4. The molecule has 0 radical (unpaired) electrons. The first kappa shape index (κ1) is 16.0. The summed E-state index contributed by atoms with van der Waals surface area (Å²) < 4.78 is 0. The normalized spacial score (nSPS) is 19.0. The molecule has 2 aromatic rings. The van der Waals surface area contributed by atoms with E-state index in [4.69, 9.17) is 0 Å². The van der Waals surface area contributed by atoms with Crippen LogP contribution < -0.4 is 0 Å². The average Bonchev–Trinajstić information content (AvgIpc) is 3.06. The van der Waals surface area contributed by atoms with Gasteiger partial charge in [0.1, 0.15) is 0 Å². The quantitative estimate of drug-likeness (QED) is 0.738. The highest BCUT2D eigenvalue weighted by Gasteiger charge is 2.24. The fourth-order valence-electron chi connectivity index (χ4n) is 3.14. The van der Waals surface area contributed by atoms with E-state index in [1.807, 2.05) is 34.6 Å². The van der Waals surface area contributed by atoms with Crippen molar-refractivity contribution in [3.63, 3.8) is 0 Å². The molecule has 1 aliphatic rings. The van der Waals surface area contributed by atoms with Crippen LogP contribution in [0.5, 0.6) is 0 Å². The number of hydrogen-bond donors (Lipinski definition) is 0. The van der Waals surface area contributed by atoms with Crippen molar-refractivity contribution in [1.82, 2.24) is 4.90 Å². The topological polar surface area (TPSA) is 20.3 Å². The summed E-state index contributed by atoms with van der Waals surface area (Å²) in [5.41, 5.74) is 3.12. The van der Waals surface area contributed by atoms with Crippen molar-refractivity contribution >= 4 is 28.9 Å². The molecule has 1 amide bonds. The maximum absolute atomic E-state index is 13.1. The lowest BCUT2D eigenvalue weighted by Gasteiger charge is -2.31. The third kappa shape index (κ3) is 3.91. The highest BCUT2D eigenvalue weighted by molar-refractivity contribution is 7.11. The van der Waals surface area contributed by atoms with Gasteiger partial charge < -0.3 is 4.90 Å². The molecule has 0 bridgehead atoms. The summed E-state index contributed by atoms with van der Waals surface area (Å²) in [6.45, 7) is 6.06. The summed E-state index contributed by atoms with van der Waals surface area (Å²) in [5, 5.41) is 2.03. The molecule has 1 saturated heterocycles. The molecular weight excluding hydrogens is 302 g/mol.